The van der Waals surface area contributed by atoms with E-state index in [0.717, 1.165) is 36.0 Å². The van der Waals surface area contributed by atoms with Crippen LogP contribution in [0.1, 0.15) is 61.9 Å². The van der Waals surface area contributed by atoms with Crippen LogP contribution in [0.4, 0.5) is 5.69 Å². The summed E-state index contributed by atoms with van der Waals surface area (Å²) >= 11 is 7.30. The number of para-hydroxylation sites is 1. The number of phenolic OH excluding ortho intramolecular Hbond substituents is 1. The van der Waals surface area contributed by atoms with E-state index in [1.165, 1.54) is 19.8 Å². The number of aromatic amines is 1. The highest BCUT2D eigenvalue weighted by Crippen LogP contribution is 2.67. The largest absolute Gasteiger partial charge is 0.506 e. The number of fused-ring (bicyclic) bond motifs is 6. The van der Waals surface area contributed by atoms with Gasteiger partial charge in [0.15, 0.2) is 0 Å². The molecule has 1 aliphatic carbocycles. The summed E-state index contributed by atoms with van der Waals surface area (Å²) in [5.41, 5.74) is -0.769. The van der Waals surface area contributed by atoms with Gasteiger partial charge in [-0.3, -0.25) is 14.6 Å². The van der Waals surface area contributed by atoms with Crippen LogP contribution >= 0.6 is 11.6 Å². The summed E-state index contributed by atoms with van der Waals surface area (Å²) in [6.45, 7) is 7.52. The first-order valence-corrected chi connectivity index (χ1v) is 19.2. The molecule has 5 N–H and O–H groups in total. The molecule has 0 amide bonds. The van der Waals surface area contributed by atoms with Gasteiger partial charge >= 0.3 is 11.9 Å². The Hall–Kier alpha value is -3.87. The molecule has 53 heavy (non-hydrogen) atoms. The average Bonchev–Trinajstić information content (AvgIpc) is 3.86. The van der Waals surface area contributed by atoms with Gasteiger partial charge in [0, 0.05) is 65.2 Å². The Balaban J connectivity index is 1.36. The van der Waals surface area contributed by atoms with E-state index in [1.54, 1.807) is 0 Å². The van der Waals surface area contributed by atoms with Gasteiger partial charge in [-0.2, -0.15) is 0 Å². The van der Waals surface area contributed by atoms with E-state index < -0.39 is 45.9 Å². The number of aliphatic hydroxyl groups excluding tert-OH is 1. The molecule has 11 nitrogen and oxygen atoms in total. The van der Waals surface area contributed by atoms with E-state index in [2.05, 4.69) is 39.2 Å². The molecule has 1 aromatic heterocycles. The number of esters is 2. The number of carbonyl (C=O) groups is 2. The second kappa shape index (κ2) is 11.8. The topological polar surface area (TPSA) is 148 Å². The number of benzene rings is 2. The molecule has 1 spiro atoms. The van der Waals surface area contributed by atoms with Crippen LogP contribution in [-0.4, -0.2) is 106 Å². The van der Waals surface area contributed by atoms with Crippen molar-refractivity contribution in [3.05, 3.63) is 81.5 Å². The number of aromatic nitrogens is 1. The van der Waals surface area contributed by atoms with Gasteiger partial charge in [0.1, 0.15) is 22.3 Å². The van der Waals surface area contributed by atoms with E-state index in [1.807, 2.05) is 43.3 Å². The summed E-state index contributed by atoms with van der Waals surface area (Å²) in [4.78, 5) is 37.1. The number of anilines is 1. The van der Waals surface area contributed by atoms with Crippen molar-refractivity contribution in [3.8, 4) is 5.75 Å². The molecule has 2 unspecified atom stereocenters. The number of nitrogens with zero attached hydrogens (tertiary/aromatic N) is 2. The van der Waals surface area contributed by atoms with Crippen molar-refractivity contribution in [2.45, 2.75) is 80.7 Å². The maximum atomic E-state index is 14.9. The summed E-state index contributed by atoms with van der Waals surface area (Å²) in [6, 6.07) is 8.49. The Morgan fingerprint density at radius 2 is 1.87 bits per heavy atom. The standard InChI is InChI=1S/C41H47ClN4O7/c1-5-22-16-23-18-40(36(49)52-3,32-25(21-45(19-22)20-23)24-10-7-8-11-28(24)43-32)27-17-26-30(29(42)31(27)47)44-33-39(26)13-15-46-14-9-12-38(6-2,34(39)46)35(48)41(33,51)37(50)53-4/h7-12,16-17,23,33-35,43-44,47-48,51H,5-6,13-15,18-21H2,1-4H3/t23?,33-,34-,35-,38-,39+,40+,41+/m1/s1. The zero-order valence-corrected chi connectivity index (χ0v) is 31.3. The molecule has 3 aromatic rings. The van der Waals surface area contributed by atoms with Crippen molar-refractivity contribution in [1.29, 1.82) is 0 Å². The number of methoxy groups -OCH3 is 2. The maximum Gasteiger partial charge on any atom is 0.342 e. The van der Waals surface area contributed by atoms with Crippen LogP contribution in [0.25, 0.3) is 10.9 Å². The first kappa shape index (κ1) is 34.9. The molecule has 6 aliphatic rings. The molecule has 2 bridgehead atoms. The molecule has 2 fully saturated rings. The highest BCUT2D eigenvalue weighted by molar-refractivity contribution is 6.35. The number of carbonyl (C=O) groups excluding carboxylic acids is 2. The molecular weight excluding hydrogens is 696 g/mol. The third-order valence-corrected chi connectivity index (χ3v) is 14.4. The minimum Gasteiger partial charge on any atom is -0.506 e. The fourth-order valence-electron chi connectivity index (χ4n) is 11.9. The van der Waals surface area contributed by atoms with Gasteiger partial charge in [-0.15, -0.1) is 0 Å². The highest BCUT2D eigenvalue weighted by Gasteiger charge is 2.78. The van der Waals surface area contributed by atoms with Crippen LogP contribution in [0.5, 0.6) is 5.75 Å². The number of halogens is 1. The normalized spacial score (nSPS) is 36.7. The minimum atomic E-state index is -2.38. The number of rotatable bonds is 5. The van der Waals surface area contributed by atoms with Crippen LogP contribution in [0, 0.1) is 11.3 Å². The smallest absolute Gasteiger partial charge is 0.342 e. The van der Waals surface area contributed by atoms with Crippen molar-refractivity contribution in [1.82, 2.24) is 14.8 Å². The van der Waals surface area contributed by atoms with E-state index >= 15 is 0 Å². The SMILES string of the molecule is CCC1=CC2CN(C1)Cc1c([nH]c3ccccc13)[C@@](C(=O)OC)(c1cc3c(c(Cl)c1O)N[C@H]1[C@@](O)(C(=O)OC)[C@H](O)[C@]4(CC)C=CCN5CC[C@]31[C@H]54)C2. The van der Waals surface area contributed by atoms with Crippen LogP contribution in [0.15, 0.2) is 54.1 Å². The monoisotopic (exact) mass is 742 g/mol. The van der Waals surface area contributed by atoms with Crippen molar-refractivity contribution >= 4 is 40.1 Å². The summed E-state index contributed by atoms with van der Waals surface area (Å²) in [5, 5.41) is 41.7. The van der Waals surface area contributed by atoms with Crippen LogP contribution in [0.2, 0.25) is 5.02 Å². The predicted molar refractivity (Wildman–Crippen MR) is 200 cm³/mol. The third kappa shape index (κ3) is 4.20. The second-order valence-electron chi connectivity index (χ2n) is 16.1. The Bertz CT molecular complexity index is 2130. The zero-order chi connectivity index (χ0) is 37.2. The van der Waals surface area contributed by atoms with Crippen molar-refractivity contribution in [2.24, 2.45) is 11.3 Å². The first-order valence-electron chi connectivity index (χ1n) is 18.8. The van der Waals surface area contributed by atoms with Crippen LogP contribution < -0.4 is 5.32 Å². The van der Waals surface area contributed by atoms with Crippen LogP contribution in [-0.2, 0) is 36.4 Å². The molecule has 0 radical (unpaired) electrons. The number of hydrogen-bond donors (Lipinski definition) is 5. The molecule has 1 saturated carbocycles. The lowest BCUT2D eigenvalue weighted by molar-refractivity contribution is -0.215. The molecule has 280 valence electrons. The van der Waals surface area contributed by atoms with Crippen molar-refractivity contribution in [3.63, 3.8) is 0 Å². The van der Waals surface area contributed by atoms with Gasteiger partial charge in [-0.05, 0) is 61.4 Å². The lowest BCUT2D eigenvalue weighted by atomic mass is 9.48. The summed E-state index contributed by atoms with van der Waals surface area (Å²) in [7, 11) is 2.59. The number of nitrogens with one attached hydrogen (secondary N) is 2. The molecule has 9 atom stereocenters. The molecular formula is C41H47ClN4O7. The Kier molecular flexibility index (Phi) is 7.77. The summed E-state index contributed by atoms with van der Waals surface area (Å²) < 4.78 is 11.0. The van der Waals surface area contributed by atoms with Gasteiger partial charge < -0.3 is 35.1 Å². The summed E-state index contributed by atoms with van der Waals surface area (Å²) in [6.07, 6.45) is 6.86. The van der Waals surface area contributed by atoms with Crippen molar-refractivity contribution in [2.75, 3.05) is 45.7 Å². The number of ether oxygens (including phenoxy) is 2. The summed E-state index contributed by atoms with van der Waals surface area (Å²) in [5.74, 6) is -1.81. The van der Waals surface area contributed by atoms with E-state index in [9.17, 15) is 24.9 Å². The lowest BCUT2D eigenvalue weighted by Gasteiger charge is -2.62. The number of hydrogen-bond acceptors (Lipinski definition) is 10. The van der Waals surface area contributed by atoms with E-state index in [0.29, 0.717) is 61.4 Å². The quantitative estimate of drug-likeness (QED) is 0.187. The fourth-order valence-corrected chi connectivity index (χ4v) is 12.1. The molecule has 5 aliphatic heterocycles. The third-order valence-electron chi connectivity index (χ3n) is 14.0. The molecule has 1 saturated heterocycles. The van der Waals surface area contributed by atoms with E-state index in [-0.39, 0.29) is 22.7 Å². The fraction of sp³-hybridized carbons (Fsp3) is 0.512. The Morgan fingerprint density at radius 3 is 2.60 bits per heavy atom. The van der Waals surface area contributed by atoms with Gasteiger partial charge in [0.25, 0.3) is 0 Å². The molecule has 12 heteroatoms. The zero-order valence-electron chi connectivity index (χ0n) is 30.5. The van der Waals surface area contributed by atoms with Gasteiger partial charge in [0.2, 0.25) is 5.60 Å². The van der Waals surface area contributed by atoms with Gasteiger partial charge in [-0.25, -0.2) is 4.79 Å². The highest BCUT2D eigenvalue weighted by atomic mass is 35.5. The molecule has 2 aromatic carbocycles. The second-order valence-corrected chi connectivity index (χ2v) is 16.5. The van der Waals surface area contributed by atoms with Gasteiger partial charge in [-0.1, -0.05) is 67.4 Å². The average molecular weight is 743 g/mol. The number of H-pyrrole nitrogens is 1. The van der Waals surface area contributed by atoms with Crippen LogP contribution in [0.3, 0.4) is 0 Å². The van der Waals surface area contributed by atoms with Crippen molar-refractivity contribution < 1.29 is 34.4 Å². The minimum absolute atomic E-state index is 0.0204. The van der Waals surface area contributed by atoms with Gasteiger partial charge in [0.05, 0.1) is 25.9 Å². The lowest BCUT2D eigenvalue weighted by Crippen LogP contribution is -2.79. The molecule has 6 heterocycles. The van der Waals surface area contributed by atoms with E-state index in [4.69, 9.17) is 21.1 Å². The first-order chi connectivity index (χ1) is 25.5. The molecule has 9 rings (SSSR count). The Morgan fingerprint density at radius 1 is 1.09 bits per heavy atom. The number of phenols is 1. The maximum absolute atomic E-state index is 14.9. The number of aromatic hydroxyl groups is 1. The number of aliphatic hydroxyl groups is 2. The Labute approximate surface area is 313 Å². The predicted octanol–water partition coefficient (Wildman–Crippen LogP) is 4.51.